The van der Waals surface area contributed by atoms with Gasteiger partial charge in [-0.25, -0.2) is 4.68 Å². The van der Waals surface area contributed by atoms with Crippen molar-refractivity contribution < 1.29 is 9.59 Å². The first-order valence-corrected chi connectivity index (χ1v) is 13.1. The molecule has 6 nitrogen and oxygen atoms in total. The van der Waals surface area contributed by atoms with Crippen molar-refractivity contribution >= 4 is 40.7 Å². The van der Waals surface area contributed by atoms with E-state index in [1.165, 1.54) is 0 Å². The van der Waals surface area contributed by atoms with Crippen LogP contribution in [-0.2, 0) is 10.3 Å². The fraction of sp³-hybridized carbons (Fsp3) is 0.276. The van der Waals surface area contributed by atoms with Gasteiger partial charge in [0.05, 0.1) is 17.1 Å². The third-order valence-corrected chi connectivity index (χ3v) is 8.02. The molecule has 8 heteroatoms. The minimum absolute atomic E-state index is 0.0259. The Kier molecular flexibility index (Phi) is 5.41. The van der Waals surface area contributed by atoms with Gasteiger partial charge in [-0.3, -0.25) is 14.5 Å². The lowest BCUT2D eigenvalue weighted by Crippen LogP contribution is -2.52. The standard InChI is InChI=1S/C29H26Cl2N4O2/c1-15(2)26-24-25(33-35(26)20-7-5-6-16(3)12-20)27(36)34(23-14-19(31)9-8-17(23)4)29(24)21-11-10-18(30)13-22(21)32-28(29)37/h5-9,12-15H,10-11H2,1-4H3,(H,32,37). The molecule has 1 unspecified atom stereocenters. The van der Waals surface area contributed by atoms with E-state index in [1.807, 2.05) is 48.9 Å². The molecule has 1 aliphatic carbocycles. The normalized spacial score (nSPS) is 20.6. The maximum Gasteiger partial charge on any atom is 0.280 e. The van der Waals surface area contributed by atoms with Gasteiger partial charge in [-0.05, 0) is 79.6 Å². The van der Waals surface area contributed by atoms with Crippen molar-refractivity contribution in [2.45, 2.75) is 52.0 Å². The van der Waals surface area contributed by atoms with Crippen molar-refractivity contribution in [3.05, 3.63) is 97.9 Å². The van der Waals surface area contributed by atoms with Crippen LogP contribution in [0.2, 0.25) is 5.02 Å². The number of benzene rings is 2. The predicted molar refractivity (Wildman–Crippen MR) is 145 cm³/mol. The van der Waals surface area contributed by atoms with Crippen LogP contribution in [0, 0.1) is 13.8 Å². The van der Waals surface area contributed by atoms with Crippen molar-refractivity contribution in [3.8, 4) is 5.69 Å². The zero-order chi connectivity index (χ0) is 26.2. The summed E-state index contributed by atoms with van der Waals surface area (Å²) in [5, 5.41) is 9.10. The molecular weight excluding hydrogens is 507 g/mol. The number of fused-ring (bicyclic) bond motifs is 3. The first-order chi connectivity index (χ1) is 17.6. The number of nitrogens with one attached hydrogen (secondary N) is 1. The van der Waals surface area contributed by atoms with Gasteiger partial charge in [0.1, 0.15) is 0 Å². The molecule has 0 radical (unpaired) electrons. The third kappa shape index (κ3) is 3.28. The Balaban J connectivity index is 1.73. The van der Waals surface area contributed by atoms with E-state index in [9.17, 15) is 9.59 Å². The van der Waals surface area contributed by atoms with Gasteiger partial charge < -0.3 is 5.32 Å². The van der Waals surface area contributed by atoms with Gasteiger partial charge in [0, 0.05) is 21.3 Å². The molecule has 3 heterocycles. The first-order valence-electron chi connectivity index (χ1n) is 12.4. The molecule has 2 aliphatic heterocycles. The van der Waals surface area contributed by atoms with Crippen LogP contribution in [0.4, 0.5) is 5.69 Å². The molecule has 188 valence electrons. The molecule has 0 saturated carbocycles. The smallest absolute Gasteiger partial charge is 0.280 e. The number of carbonyl (C=O) groups excluding carboxylic acids is 2. The number of aryl methyl sites for hydroxylation is 2. The fourth-order valence-electron chi connectivity index (χ4n) is 5.94. The Hall–Kier alpha value is -3.35. The van der Waals surface area contributed by atoms with E-state index in [4.69, 9.17) is 28.3 Å². The lowest BCUT2D eigenvalue weighted by atomic mass is 9.78. The molecule has 2 aromatic carbocycles. The molecule has 1 atom stereocenters. The molecule has 0 fully saturated rings. The second-order valence-electron chi connectivity index (χ2n) is 10.2. The highest BCUT2D eigenvalue weighted by Gasteiger charge is 2.64. The lowest BCUT2D eigenvalue weighted by Gasteiger charge is -2.38. The molecule has 37 heavy (non-hydrogen) atoms. The number of halogens is 2. The Morgan fingerprint density at radius 2 is 1.84 bits per heavy atom. The summed E-state index contributed by atoms with van der Waals surface area (Å²) in [5.74, 6) is -0.627. The van der Waals surface area contributed by atoms with Crippen LogP contribution in [0.3, 0.4) is 0 Å². The Labute approximate surface area is 225 Å². The third-order valence-electron chi connectivity index (χ3n) is 7.48. The van der Waals surface area contributed by atoms with E-state index < -0.39 is 5.54 Å². The van der Waals surface area contributed by atoms with Crippen molar-refractivity contribution in [2.24, 2.45) is 0 Å². The number of amides is 2. The average molecular weight is 533 g/mol. The summed E-state index contributed by atoms with van der Waals surface area (Å²) in [7, 11) is 0. The van der Waals surface area contributed by atoms with Crippen LogP contribution in [0.1, 0.15) is 65.5 Å². The van der Waals surface area contributed by atoms with Gasteiger partial charge in [0.25, 0.3) is 11.8 Å². The number of allylic oxidation sites excluding steroid dienone is 2. The topological polar surface area (TPSA) is 67.2 Å². The number of anilines is 1. The Bertz CT molecular complexity index is 1580. The number of rotatable bonds is 3. The van der Waals surface area contributed by atoms with Crippen LogP contribution in [0.5, 0.6) is 0 Å². The summed E-state index contributed by atoms with van der Waals surface area (Å²) < 4.78 is 1.83. The Morgan fingerprint density at radius 1 is 1.05 bits per heavy atom. The summed E-state index contributed by atoms with van der Waals surface area (Å²) >= 11 is 12.8. The van der Waals surface area contributed by atoms with Crippen LogP contribution in [0.25, 0.3) is 5.69 Å². The molecule has 1 N–H and O–H groups in total. The van der Waals surface area contributed by atoms with Crippen molar-refractivity contribution in [1.82, 2.24) is 15.1 Å². The summed E-state index contributed by atoms with van der Waals surface area (Å²) in [6.45, 7) is 8.06. The average Bonchev–Trinajstić information content (AvgIpc) is 3.45. The second-order valence-corrected chi connectivity index (χ2v) is 11.2. The van der Waals surface area contributed by atoms with Crippen LogP contribution >= 0.6 is 23.2 Å². The quantitative estimate of drug-likeness (QED) is 0.423. The maximum absolute atomic E-state index is 14.4. The number of carbonyl (C=O) groups is 2. The second kappa shape index (κ2) is 8.33. The van der Waals surface area contributed by atoms with Gasteiger partial charge in [-0.1, -0.05) is 55.2 Å². The van der Waals surface area contributed by atoms with Gasteiger partial charge in [-0.2, -0.15) is 5.10 Å². The largest absolute Gasteiger partial charge is 0.323 e. The highest BCUT2D eigenvalue weighted by Crippen LogP contribution is 2.55. The highest BCUT2D eigenvalue weighted by molar-refractivity contribution is 6.31. The summed E-state index contributed by atoms with van der Waals surface area (Å²) in [6.07, 6.45) is 2.93. The SMILES string of the molecule is Cc1cccc(-n2nc3c(c2C(C)C)C2(C(=O)NC4=C2CCC(Cl)=C4)N(c2cc(Cl)ccc2C)C3=O)c1. The van der Waals surface area contributed by atoms with Crippen molar-refractivity contribution in [2.75, 3.05) is 4.90 Å². The van der Waals surface area contributed by atoms with Gasteiger partial charge in [0.2, 0.25) is 0 Å². The number of nitrogens with zero attached hydrogens (tertiary/aromatic N) is 3. The Morgan fingerprint density at radius 3 is 2.57 bits per heavy atom. The minimum atomic E-state index is -1.38. The van der Waals surface area contributed by atoms with Crippen LogP contribution in [-0.4, -0.2) is 21.6 Å². The highest BCUT2D eigenvalue weighted by atomic mass is 35.5. The van der Waals surface area contributed by atoms with Gasteiger partial charge >= 0.3 is 0 Å². The predicted octanol–water partition coefficient (Wildman–Crippen LogP) is 6.42. The molecule has 1 spiro atoms. The molecule has 6 rings (SSSR count). The van der Waals surface area contributed by atoms with E-state index in [-0.39, 0.29) is 23.4 Å². The lowest BCUT2D eigenvalue weighted by molar-refractivity contribution is -0.123. The van der Waals surface area contributed by atoms with E-state index in [0.717, 1.165) is 28.1 Å². The minimum Gasteiger partial charge on any atom is -0.323 e. The fourth-order valence-corrected chi connectivity index (χ4v) is 6.31. The van der Waals surface area contributed by atoms with E-state index in [2.05, 4.69) is 19.2 Å². The first kappa shape index (κ1) is 24.0. The zero-order valence-corrected chi connectivity index (χ0v) is 22.5. The number of hydrogen-bond acceptors (Lipinski definition) is 3. The van der Waals surface area contributed by atoms with Crippen LogP contribution in [0.15, 0.2) is 64.8 Å². The molecule has 3 aliphatic rings. The van der Waals surface area contributed by atoms with Crippen molar-refractivity contribution in [3.63, 3.8) is 0 Å². The number of aromatic nitrogens is 2. The number of hydrogen-bond donors (Lipinski definition) is 1. The summed E-state index contributed by atoms with van der Waals surface area (Å²) in [4.78, 5) is 30.2. The molecular formula is C29H26Cl2N4O2. The van der Waals surface area contributed by atoms with E-state index in [1.54, 1.807) is 23.1 Å². The zero-order valence-electron chi connectivity index (χ0n) is 21.0. The van der Waals surface area contributed by atoms with Crippen LogP contribution < -0.4 is 10.2 Å². The van der Waals surface area contributed by atoms with Crippen molar-refractivity contribution in [1.29, 1.82) is 0 Å². The summed E-state index contributed by atoms with van der Waals surface area (Å²) in [5.41, 5.74) is 5.23. The van der Waals surface area contributed by atoms with E-state index in [0.29, 0.717) is 39.8 Å². The molecule has 3 aromatic rings. The molecule has 0 saturated heterocycles. The molecule has 1 aromatic heterocycles. The van der Waals surface area contributed by atoms with E-state index >= 15 is 0 Å². The molecule has 2 amide bonds. The van der Waals surface area contributed by atoms with Gasteiger partial charge in [0.15, 0.2) is 11.2 Å². The monoisotopic (exact) mass is 532 g/mol. The summed E-state index contributed by atoms with van der Waals surface area (Å²) in [6, 6.07) is 13.4. The molecule has 0 bridgehead atoms. The maximum atomic E-state index is 14.4. The van der Waals surface area contributed by atoms with Gasteiger partial charge in [-0.15, -0.1) is 0 Å².